The monoisotopic (exact) mass is 581 g/mol. The maximum Gasteiger partial charge on any atom is 0.0793 e. The van der Waals surface area contributed by atoms with E-state index >= 15 is 0 Å². The molecule has 5 nitrogen and oxygen atoms in total. The highest BCUT2D eigenvalue weighted by Gasteiger charge is 2.35. The van der Waals surface area contributed by atoms with Crippen molar-refractivity contribution in [2.24, 2.45) is 0 Å². The van der Waals surface area contributed by atoms with Gasteiger partial charge in [-0.3, -0.25) is 14.9 Å². The number of pyridine rings is 2. The molecule has 0 radical (unpaired) electrons. The molecule has 5 rings (SSSR count). The van der Waals surface area contributed by atoms with Gasteiger partial charge in [0.15, 0.2) is 0 Å². The molecule has 2 aromatic heterocycles. The Balaban J connectivity index is 1.44. The van der Waals surface area contributed by atoms with Crippen molar-refractivity contribution in [1.29, 1.82) is 0 Å². The maximum atomic E-state index is 4.97. The number of benzene rings is 1. The molecule has 3 heterocycles. The first-order chi connectivity index (χ1) is 16.5. The van der Waals surface area contributed by atoms with Gasteiger partial charge in [-0.2, -0.15) is 0 Å². The lowest BCUT2D eigenvalue weighted by Crippen LogP contribution is -2.54. The van der Waals surface area contributed by atoms with Crippen LogP contribution in [0.25, 0.3) is 0 Å². The Morgan fingerprint density at radius 2 is 2.06 bits per heavy atom. The first kappa shape index (κ1) is 23.7. The number of hydrogen-bond acceptors (Lipinski definition) is 5. The Labute approximate surface area is 218 Å². The zero-order valence-electron chi connectivity index (χ0n) is 19.3. The zero-order valence-corrected chi connectivity index (χ0v) is 22.5. The van der Waals surface area contributed by atoms with Gasteiger partial charge in [-0.15, -0.1) is 0 Å². The topological polar surface area (TPSA) is 53.1 Å². The van der Waals surface area contributed by atoms with Crippen molar-refractivity contribution in [2.45, 2.75) is 38.4 Å². The molecule has 176 valence electrons. The molecule has 2 aliphatic rings. The van der Waals surface area contributed by atoms with Crippen LogP contribution < -0.4 is 10.6 Å². The quantitative estimate of drug-likeness (QED) is 0.440. The molecule has 1 aliphatic heterocycles. The van der Waals surface area contributed by atoms with E-state index in [4.69, 9.17) is 4.98 Å². The maximum absolute atomic E-state index is 4.97. The van der Waals surface area contributed by atoms with Crippen LogP contribution in [0.1, 0.15) is 39.6 Å². The normalized spacial score (nSPS) is 20.2. The zero-order chi connectivity index (χ0) is 23.7. The minimum Gasteiger partial charge on any atom is -0.383 e. The van der Waals surface area contributed by atoms with Gasteiger partial charge in [0.1, 0.15) is 0 Å². The second-order valence-electron chi connectivity index (χ2n) is 9.16. The van der Waals surface area contributed by atoms with Crippen LogP contribution in [0.15, 0.2) is 70.1 Å². The van der Waals surface area contributed by atoms with Crippen molar-refractivity contribution in [3.05, 3.63) is 104 Å². The van der Waals surface area contributed by atoms with E-state index in [9.17, 15) is 0 Å². The van der Waals surface area contributed by atoms with Gasteiger partial charge in [-0.1, -0.05) is 34.6 Å². The number of piperazine rings is 1. The summed E-state index contributed by atoms with van der Waals surface area (Å²) in [6.07, 6.45) is 7.65. The number of nitrogens with one attached hydrogen (secondary N) is 2. The molecule has 3 aromatic rings. The molecule has 0 saturated carbocycles. The Morgan fingerprint density at radius 3 is 2.88 bits per heavy atom. The molecule has 2 unspecified atom stereocenters. The van der Waals surface area contributed by atoms with Crippen LogP contribution >= 0.6 is 31.9 Å². The fourth-order valence-corrected chi connectivity index (χ4v) is 6.33. The van der Waals surface area contributed by atoms with E-state index in [2.05, 4.69) is 90.1 Å². The Bertz CT molecular complexity index is 1200. The van der Waals surface area contributed by atoms with E-state index < -0.39 is 0 Å². The number of rotatable bonds is 5. The van der Waals surface area contributed by atoms with Gasteiger partial charge in [0.25, 0.3) is 0 Å². The fraction of sp³-hybridized carbons (Fsp3) is 0.333. The standard InChI is InChI=1S/C27H29Br2N5/c1-17-10-20-5-6-21-12-22(28)15-33-26(21)27(25(20)23(29)11-17)34-9-8-31-24(16-34)18(2)32-14-19-4-3-7-30-13-19/h3-4,7,10-13,15,24,27,31-32H,2,5-6,8-9,14,16H2,1H3. The van der Waals surface area contributed by atoms with Gasteiger partial charge < -0.3 is 10.6 Å². The second-order valence-corrected chi connectivity index (χ2v) is 10.9. The van der Waals surface area contributed by atoms with Gasteiger partial charge in [0.2, 0.25) is 0 Å². The number of aromatic nitrogens is 2. The predicted octanol–water partition coefficient (Wildman–Crippen LogP) is 5.08. The first-order valence-electron chi connectivity index (χ1n) is 11.7. The molecule has 1 aliphatic carbocycles. The summed E-state index contributed by atoms with van der Waals surface area (Å²) in [4.78, 5) is 11.8. The number of nitrogens with zero attached hydrogens (tertiary/aromatic N) is 3. The molecule has 0 amide bonds. The molecule has 0 spiro atoms. The van der Waals surface area contributed by atoms with Crippen LogP contribution in [0.2, 0.25) is 0 Å². The molecule has 1 aromatic carbocycles. The van der Waals surface area contributed by atoms with E-state index in [0.717, 1.165) is 54.8 Å². The third-order valence-corrected chi connectivity index (χ3v) is 7.85. The van der Waals surface area contributed by atoms with Gasteiger partial charge in [-0.05, 0) is 81.7 Å². The third kappa shape index (κ3) is 4.98. The lowest BCUT2D eigenvalue weighted by molar-refractivity contribution is 0.169. The smallest absolute Gasteiger partial charge is 0.0793 e. The highest BCUT2D eigenvalue weighted by molar-refractivity contribution is 9.10. The summed E-state index contributed by atoms with van der Waals surface area (Å²) in [5.41, 5.74) is 8.70. The average molecular weight is 583 g/mol. The van der Waals surface area contributed by atoms with Crippen molar-refractivity contribution in [3.8, 4) is 0 Å². The van der Waals surface area contributed by atoms with Crippen molar-refractivity contribution in [3.63, 3.8) is 0 Å². The van der Waals surface area contributed by atoms with Crippen molar-refractivity contribution >= 4 is 31.9 Å². The summed E-state index contributed by atoms with van der Waals surface area (Å²) in [5.74, 6) is 0. The minimum absolute atomic E-state index is 0.103. The molecular weight excluding hydrogens is 554 g/mol. The van der Waals surface area contributed by atoms with Crippen LogP contribution in [-0.4, -0.2) is 40.5 Å². The third-order valence-electron chi connectivity index (χ3n) is 6.76. The van der Waals surface area contributed by atoms with E-state index in [0.29, 0.717) is 0 Å². The second kappa shape index (κ2) is 10.3. The van der Waals surface area contributed by atoms with Crippen LogP contribution in [0, 0.1) is 6.92 Å². The summed E-state index contributed by atoms with van der Waals surface area (Å²) in [6.45, 7) is 9.98. The van der Waals surface area contributed by atoms with E-state index in [1.165, 1.54) is 32.4 Å². The van der Waals surface area contributed by atoms with E-state index in [1.54, 1.807) is 6.20 Å². The van der Waals surface area contributed by atoms with Crippen LogP contribution in [0.5, 0.6) is 0 Å². The molecule has 1 saturated heterocycles. The molecule has 34 heavy (non-hydrogen) atoms. The highest BCUT2D eigenvalue weighted by Crippen LogP contribution is 2.41. The van der Waals surface area contributed by atoms with E-state index in [-0.39, 0.29) is 12.1 Å². The van der Waals surface area contributed by atoms with Crippen LogP contribution in [0.3, 0.4) is 0 Å². The Morgan fingerprint density at radius 1 is 1.21 bits per heavy atom. The van der Waals surface area contributed by atoms with Gasteiger partial charge in [0, 0.05) is 59.4 Å². The van der Waals surface area contributed by atoms with Crippen LogP contribution in [0.4, 0.5) is 0 Å². The molecule has 0 bridgehead atoms. The lowest BCUT2D eigenvalue weighted by atomic mass is 9.94. The minimum atomic E-state index is 0.103. The van der Waals surface area contributed by atoms with Crippen LogP contribution in [-0.2, 0) is 19.4 Å². The van der Waals surface area contributed by atoms with Gasteiger partial charge >= 0.3 is 0 Å². The summed E-state index contributed by atoms with van der Waals surface area (Å²) in [6, 6.07) is 11.1. The molecular formula is C27H29Br2N5. The van der Waals surface area contributed by atoms with Gasteiger partial charge in [0.05, 0.1) is 17.8 Å². The average Bonchev–Trinajstić information content (AvgIpc) is 3.00. The highest BCUT2D eigenvalue weighted by atomic mass is 79.9. The van der Waals surface area contributed by atoms with Crippen molar-refractivity contribution in [2.75, 3.05) is 19.6 Å². The summed E-state index contributed by atoms with van der Waals surface area (Å²) >= 11 is 7.56. The van der Waals surface area contributed by atoms with Crippen molar-refractivity contribution in [1.82, 2.24) is 25.5 Å². The predicted molar refractivity (Wildman–Crippen MR) is 144 cm³/mol. The number of hydrogen-bond donors (Lipinski definition) is 2. The SMILES string of the molecule is C=C(NCc1cccnc1)C1CN(C2c3ncc(Br)cc3CCc3cc(C)cc(Br)c32)CCN1. The van der Waals surface area contributed by atoms with Gasteiger partial charge in [-0.25, -0.2) is 0 Å². The lowest BCUT2D eigenvalue weighted by Gasteiger charge is -2.40. The fourth-order valence-electron chi connectivity index (χ4n) is 5.12. The first-order valence-corrected chi connectivity index (χ1v) is 13.3. The largest absolute Gasteiger partial charge is 0.383 e. The molecule has 2 atom stereocenters. The van der Waals surface area contributed by atoms with E-state index in [1.807, 2.05) is 18.5 Å². The molecule has 7 heteroatoms. The Hall–Kier alpha value is -2.06. The molecule has 1 fully saturated rings. The van der Waals surface area contributed by atoms with Crippen molar-refractivity contribution < 1.29 is 0 Å². The molecule has 2 N–H and O–H groups in total. The number of fused-ring (bicyclic) bond motifs is 2. The summed E-state index contributed by atoms with van der Waals surface area (Å²) in [7, 11) is 0. The number of halogens is 2. The summed E-state index contributed by atoms with van der Waals surface area (Å²) < 4.78 is 2.21. The number of aryl methyl sites for hydroxylation is 3. The summed E-state index contributed by atoms with van der Waals surface area (Å²) in [5, 5.41) is 7.18. The Kier molecular flexibility index (Phi) is 7.16.